The molecule has 0 unspecified atom stereocenters. The van der Waals surface area contributed by atoms with Crippen LogP contribution in [0.25, 0.3) is 32.9 Å². The number of carboxylic acid groups (broad SMARTS) is 1. The third-order valence-electron chi connectivity index (χ3n) is 8.06. The summed E-state index contributed by atoms with van der Waals surface area (Å²) >= 11 is 0. The van der Waals surface area contributed by atoms with Crippen LogP contribution in [0.3, 0.4) is 0 Å². The van der Waals surface area contributed by atoms with Crippen LogP contribution < -0.4 is 10.5 Å². The van der Waals surface area contributed by atoms with Gasteiger partial charge in [0.25, 0.3) is 0 Å². The Morgan fingerprint density at radius 2 is 1.85 bits per heavy atom. The third kappa shape index (κ3) is 7.37. The molecular formula is C38H37N7O3. The predicted octanol–water partition coefficient (Wildman–Crippen LogP) is 6.83. The van der Waals surface area contributed by atoms with Gasteiger partial charge in [0.15, 0.2) is 0 Å². The van der Waals surface area contributed by atoms with Crippen molar-refractivity contribution in [2.24, 2.45) is 0 Å². The number of rotatable bonds is 9. The molecule has 48 heavy (non-hydrogen) atoms. The van der Waals surface area contributed by atoms with Gasteiger partial charge in [-0.1, -0.05) is 48.2 Å². The summed E-state index contributed by atoms with van der Waals surface area (Å²) in [5.74, 6) is 7.33. The number of fused-ring (bicyclic) bond motifs is 3. The Labute approximate surface area is 279 Å². The summed E-state index contributed by atoms with van der Waals surface area (Å²) < 4.78 is 8.24. The Hall–Kier alpha value is -5.95. The molecule has 0 radical (unpaired) electrons. The molecule has 0 saturated heterocycles. The molecule has 0 aliphatic heterocycles. The van der Waals surface area contributed by atoms with Crippen molar-refractivity contribution in [1.82, 2.24) is 29.4 Å². The van der Waals surface area contributed by atoms with Gasteiger partial charge < -0.3 is 20.1 Å². The van der Waals surface area contributed by atoms with Gasteiger partial charge in [-0.25, -0.2) is 14.8 Å². The minimum absolute atomic E-state index is 0.141. The number of amides is 1. The molecule has 6 aromatic rings. The van der Waals surface area contributed by atoms with Crippen LogP contribution in [0.2, 0.25) is 0 Å². The molecule has 10 heteroatoms. The highest BCUT2D eigenvalue weighted by Gasteiger charge is 2.34. The number of ether oxygens (including phenoxy) is 1. The smallest absolute Gasteiger partial charge is 0.408 e. The molecule has 1 atom stereocenters. The number of pyridine rings is 3. The van der Waals surface area contributed by atoms with E-state index in [9.17, 15) is 9.90 Å². The highest BCUT2D eigenvalue weighted by Crippen LogP contribution is 2.32. The largest absolute Gasteiger partial charge is 0.490 e. The van der Waals surface area contributed by atoms with Crippen molar-refractivity contribution in [3.63, 3.8) is 0 Å². The maximum absolute atomic E-state index is 12.4. The number of benzene rings is 2. The summed E-state index contributed by atoms with van der Waals surface area (Å²) in [4.78, 5) is 31.7. The zero-order chi connectivity index (χ0) is 33.7. The van der Waals surface area contributed by atoms with E-state index in [-0.39, 0.29) is 6.61 Å². The summed E-state index contributed by atoms with van der Waals surface area (Å²) in [6, 6.07) is 19.2. The predicted molar refractivity (Wildman–Crippen MR) is 187 cm³/mol. The fraction of sp³-hybridized carbons (Fsp3) is 0.237. The number of aryl methyl sites for hydroxylation is 1. The lowest BCUT2D eigenvalue weighted by Crippen LogP contribution is -2.54. The van der Waals surface area contributed by atoms with Crippen molar-refractivity contribution in [3.8, 4) is 28.8 Å². The van der Waals surface area contributed by atoms with Crippen LogP contribution in [0.4, 0.5) is 10.6 Å². The fourth-order valence-electron chi connectivity index (χ4n) is 5.86. The van der Waals surface area contributed by atoms with E-state index in [0.29, 0.717) is 30.1 Å². The lowest BCUT2D eigenvalue weighted by atomic mass is 9.99. The van der Waals surface area contributed by atoms with Crippen molar-refractivity contribution in [3.05, 3.63) is 109 Å². The van der Waals surface area contributed by atoms with Crippen LogP contribution in [-0.4, -0.2) is 58.8 Å². The molecule has 242 valence electrons. The van der Waals surface area contributed by atoms with Gasteiger partial charge in [-0.3, -0.25) is 14.9 Å². The minimum atomic E-state index is -0.999. The summed E-state index contributed by atoms with van der Waals surface area (Å²) in [5.41, 5.74) is 9.89. The lowest BCUT2D eigenvalue weighted by molar-refractivity contribution is 0.0512. The molecule has 4 aromatic heterocycles. The molecule has 4 heterocycles. The number of hydrogen-bond donors (Lipinski definition) is 2. The average Bonchev–Trinajstić information content (AvgIpc) is 3.59. The van der Waals surface area contributed by atoms with E-state index in [1.165, 1.54) is 4.90 Å². The summed E-state index contributed by atoms with van der Waals surface area (Å²) in [7, 11) is 0. The van der Waals surface area contributed by atoms with Crippen LogP contribution in [-0.2, 0) is 13.0 Å². The van der Waals surface area contributed by atoms with Gasteiger partial charge in [0.05, 0.1) is 29.8 Å². The standard InChI is InChI=1S/C38H37N7O3/c1-38(2,3)45(37(46)47)29(17-26-9-5-4-6-10-26)24-48-30-19-28(21-41-22-30)34-20-32-31-13-12-27(11-7-8-15-44-16-14-40-25-44)18-35(31)42-23-33(32)36(39)43-34/h4-6,9-10,12-14,16,18-23,25,29H,8,15,17,24H2,1-3H3,(H2,39,43)(H,46,47)/t29-/m0/s1. The van der Waals surface area contributed by atoms with E-state index < -0.39 is 17.7 Å². The van der Waals surface area contributed by atoms with Gasteiger partial charge in [0.1, 0.15) is 18.2 Å². The number of hydrogen-bond acceptors (Lipinski definition) is 7. The molecule has 0 saturated carbocycles. The van der Waals surface area contributed by atoms with E-state index in [1.54, 1.807) is 31.1 Å². The van der Waals surface area contributed by atoms with Crippen LogP contribution in [0, 0.1) is 11.8 Å². The van der Waals surface area contributed by atoms with E-state index >= 15 is 0 Å². The summed E-state index contributed by atoms with van der Waals surface area (Å²) in [5, 5.41) is 12.8. The first-order chi connectivity index (χ1) is 23.2. The molecule has 10 nitrogen and oxygen atoms in total. The van der Waals surface area contributed by atoms with Gasteiger partial charge in [-0.05, 0) is 62.4 Å². The molecule has 0 spiro atoms. The topological polar surface area (TPSA) is 132 Å². The third-order valence-corrected chi connectivity index (χ3v) is 8.06. The average molecular weight is 640 g/mol. The number of nitrogen functional groups attached to an aromatic ring is 1. The monoisotopic (exact) mass is 639 g/mol. The Morgan fingerprint density at radius 3 is 2.60 bits per heavy atom. The van der Waals surface area contributed by atoms with Crippen molar-refractivity contribution < 1.29 is 14.6 Å². The first-order valence-corrected chi connectivity index (χ1v) is 15.7. The SMILES string of the molecule is CC(C)(C)N(C(=O)O)[C@H](COc1cncc(-c2cc3c(cnc4cc(C#CCCn5ccnc5)ccc43)c(N)n2)c1)Cc1ccccc1. The second-order valence-corrected chi connectivity index (χ2v) is 12.6. The molecule has 0 fully saturated rings. The van der Waals surface area contributed by atoms with Gasteiger partial charge >= 0.3 is 6.09 Å². The van der Waals surface area contributed by atoms with Crippen LogP contribution in [0.5, 0.6) is 5.75 Å². The first-order valence-electron chi connectivity index (χ1n) is 15.7. The maximum atomic E-state index is 12.4. The maximum Gasteiger partial charge on any atom is 0.408 e. The molecule has 2 aromatic carbocycles. The van der Waals surface area contributed by atoms with Crippen molar-refractivity contribution in [1.29, 1.82) is 0 Å². The number of carbonyl (C=O) groups is 1. The first kappa shape index (κ1) is 32.0. The molecule has 0 bridgehead atoms. The second kappa shape index (κ2) is 13.8. The quantitative estimate of drug-likeness (QED) is 0.130. The molecule has 3 N–H and O–H groups in total. The number of nitrogens with zero attached hydrogens (tertiary/aromatic N) is 6. The fourth-order valence-corrected chi connectivity index (χ4v) is 5.86. The highest BCUT2D eigenvalue weighted by atomic mass is 16.5. The lowest BCUT2D eigenvalue weighted by Gasteiger charge is -2.39. The van der Waals surface area contributed by atoms with E-state index in [4.69, 9.17) is 10.5 Å². The van der Waals surface area contributed by atoms with Crippen molar-refractivity contribution >= 4 is 33.6 Å². The van der Waals surface area contributed by atoms with Gasteiger partial charge in [-0.15, -0.1) is 0 Å². The Bertz CT molecular complexity index is 2110. The van der Waals surface area contributed by atoms with E-state index in [1.807, 2.05) is 92.2 Å². The zero-order valence-corrected chi connectivity index (χ0v) is 27.2. The normalized spacial score (nSPS) is 12.0. The Morgan fingerprint density at radius 1 is 1.02 bits per heavy atom. The molecule has 0 aliphatic carbocycles. The molecule has 1 amide bonds. The Kier molecular flexibility index (Phi) is 9.21. The molecule has 0 aliphatic rings. The second-order valence-electron chi connectivity index (χ2n) is 12.6. The van der Waals surface area contributed by atoms with E-state index in [0.717, 1.165) is 44.9 Å². The van der Waals surface area contributed by atoms with Crippen LogP contribution >= 0.6 is 0 Å². The molecular weight excluding hydrogens is 602 g/mol. The summed E-state index contributed by atoms with van der Waals surface area (Å²) in [6.45, 7) is 6.58. The minimum Gasteiger partial charge on any atom is -0.490 e. The number of anilines is 1. The highest BCUT2D eigenvalue weighted by molar-refractivity contribution is 6.09. The van der Waals surface area contributed by atoms with Gasteiger partial charge in [0, 0.05) is 65.2 Å². The van der Waals surface area contributed by atoms with Crippen LogP contribution in [0.1, 0.15) is 38.3 Å². The van der Waals surface area contributed by atoms with E-state index in [2.05, 4.69) is 31.8 Å². The number of aromatic nitrogens is 5. The number of nitrogens with two attached hydrogens (primary N) is 1. The van der Waals surface area contributed by atoms with Gasteiger partial charge in [-0.2, -0.15) is 0 Å². The number of imidazole rings is 1. The molecule has 6 rings (SSSR count). The summed E-state index contributed by atoms with van der Waals surface area (Å²) in [6.07, 6.45) is 10.8. The van der Waals surface area contributed by atoms with Crippen molar-refractivity contribution in [2.75, 3.05) is 12.3 Å². The van der Waals surface area contributed by atoms with Crippen LogP contribution in [0.15, 0.2) is 98.0 Å². The zero-order valence-electron chi connectivity index (χ0n) is 27.2. The van der Waals surface area contributed by atoms with Gasteiger partial charge in [0.2, 0.25) is 0 Å². The van der Waals surface area contributed by atoms with Crippen molar-refractivity contribution in [2.45, 2.75) is 51.7 Å². The Balaban J connectivity index is 1.25.